The van der Waals surface area contributed by atoms with Crippen molar-refractivity contribution in [1.29, 1.82) is 5.26 Å². The van der Waals surface area contributed by atoms with Crippen molar-refractivity contribution in [1.82, 2.24) is 0 Å². The number of halogens is 1. The fourth-order valence-electron chi connectivity index (χ4n) is 1.62. The Labute approximate surface area is 111 Å². The Bertz CT molecular complexity index is 494. The zero-order valence-electron chi connectivity index (χ0n) is 11.1. The van der Waals surface area contributed by atoms with E-state index < -0.39 is 17.9 Å². The molecule has 1 rings (SSSR count). The van der Waals surface area contributed by atoms with E-state index in [4.69, 9.17) is 10.00 Å². The van der Waals surface area contributed by atoms with Crippen molar-refractivity contribution in [2.24, 2.45) is 5.92 Å². The van der Waals surface area contributed by atoms with Crippen LogP contribution >= 0.6 is 0 Å². The number of benzene rings is 1. The minimum Gasteiger partial charge on any atom is -0.477 e. The maximum Gasteiger partial charge on any atom is 0.347 e. The molecule has 0 radical (unpaired) electrons. The largest absolute Gasteiger partial charge is 0.477 e. The molecule has 0 bridgehead atoms. The fourth-order valence-corrected chi connectivity index (χ4v) is 1.62. The molecule has 0 aromatic heterocycles. The molecule has 0 aliphatic rings. The molecule has 1 unspecified atom stereocenters. The van der Waals surface area contributed by atoms with Crippen molar-refractivity contribution in [3.8, 4) is 11.8 Å². The van der Waals surface area contributed by atoms with Crippen LogP contribution in [-0.4, -0.2) is 19.2 Å². The summed E-state index contributed by atoms with van der Waals surface area (Å²) in [4.78, 5) is 11.6. The summed E-state index contributed by atoms with van der Waals surface area (Å²) in [6, 6.07) is 5.78. The maximum absolute atomic E-state index is 13.4. The first-order valence-electron chi connectivity index (χ1n) is 5.92. The number of nitrogens with zero attached hydrogens (tertiary/aromatic N) is 1. The highest BCUT2D eigenvalue weighted by molar-refractivity contribution is 5.75. The standard InChI is InChI=1S/C14H16FNO3/c1-9(2)7-13(14(17)18-3)19-12-6-4-5-11(15)10(12)8-16/h4-6,9,13H,7H2,1-3H3. The number of carbonyl (C=O) groups excluding carboxylic acids is 1. The van der Waals surface area contributed by atoms with Gasteiger partial charge in [0.25, 0.3) is 0 Å². The van der Waals surface area contributed by atoms with E-state index in [0.717, 1.165) is 0 Å². The molecule has 0 saturated carbocycles. The topological polar surface area (TPSA) is 59.3 Å². The van der Waals surface area contributed by atoms with Crippen LogP contribution in [0.4, 0.5) is 4.39 Å². The summed E-state index contributed by atoms with van der Waals surface area (Å²) < 4.78 is 23.5. The predicted molar refractivity (Wildman–Crippen MR) is 67.0 cm³/mol. The van der Waals surface area contributed by atoms with Gasteiger partial charge < -0.3 is 9.47 Å². The summed E-state index contributed by atoms with van der Waals surface area (Å²) in [5, 5.41) is 8.90. The summed E-state index contributed by atoms with van der Waals surface area (Å²) in [5.74, 6) is -0.961. The second-order valence-corrected chi connectivity index (χ2v) is 4.48. The van der Waals surface area contributed by atoms with Crippen LogP contribution in [0.2, 0.25) is 0 Å². The third kappa shape index (κ3) is 3.95. The first kappa shape index (κ1) is 15.0. The monoisotopic (exact) mass is 265 g/mol. The van der Waals surface area contributed by atoms with Crippen LogP contribution in [0.1, 0.15) is 25.8 Å². The van der Waals surface area contributed by atoms with Gasteiger partial charge in [-0.15, -0.1) is 0 Å². The molecule has 0 spiro atoms. The van der Waals surface area contributed by atoms with Crippen molar-refractivity contribution in [3.63, 3.8) is 0 Å². The van der Waals surface area contributed by atoms with E-state index in [2.05, 4.69) is 4.74 Å². The lowest BCUT2D eigenvalue weighted by molar-refractivity contribution is -0.149. The molecule has 0 aliphatic heterocycles. The van der Waals surface area contributed by atoms with Crippen LogP contribution in [0.15, 0.2) is 18.2 Å². The van der Waals surface area contributed by atoms with E-state index in [1.165, 1.54) is 25.3 Å². The summed E-state index contributed by atoms with van der Waals surface area (Å²) in [6.07, 6.45) is -0.424. The van der Waals surface area contributed by atoms with Gasteiger partial charge in [-0.05, 0) is 24.5 Å². The van der Waals surface area contributed by atoms with E-state index in [1.54, 1.807) is 6.07 Å². The number of rotatable bonds is 5. The van der Waals surface area contributed by atoms with Crippen LogP contribution < -0.4 is 4.74 Å². The van der Waals surface area contributed by atoms with E-state index >= 15 is 0 Å². The molecule has 1 aromatic carbocycles. The van der Waals surface area contributed by atoms with Crippen molar-refractivity contribution in [2.75, 3.05) is 7.11 Å². The van der Waals surface area contributed by atoms with E-state index in [1.807, 2.05) is 13.8 Å². The normalized spacial score (nSPS) is 11.8. The molecule has 0 fully saturated rings. The van der Waals surface area contributed by atoms with Gasteiger partial charge >= 0.3 is 5.97 Å². The summed E-state index contributed by atoms with van der Waals surface area (Å²) in [6.45, 7) is 3.85. The lowest BCUT2D eigenvalue weighted by Gasteiger charge is -2.19. The molecule has 0 amide bonds. The molecule has 0 aliphatic carbocycles. The third-order valence-corrected chi connectivity index (χ3v) is 2.51. The van der Waals surface area contributed by atoms with Gasteiger partial charge in [0.2, 0.25) is 0 Å². The Kier molecular flexibility index (Phi) is 5.31. The van der Waals surface area contributed by atoms with Crippen LogP contribution in [0.25, 0.3) is 0 Å². The number of esters is 1. The summed E-state index contributed by atoms with van der Waals surface area (Å²) >= 11 is 0. The first-order valence-corrected chi connectivity index (χ1v) is 5.92. The minimum absolute atomic E-state index is 0.0542. The quantitative estimate of drug-likeness (QED) is 0.768. The Hall–Kier alpha value is -2.09. The van der Waals surface area contributed by atoms with Crippen LogP contribution in [0, 0.1) is 23.1 Å². The molecule has 0 heterocycles. The van der Waals surface area contributed by atoms with Crippen molar-refractivity contribution in [3.05, 3.63) is 29.6 Å². The van der Waals surface area contributed by atoms with Gasteiger partial charge in [0, 0.05) is 0 Å². The van der Waals surface area contributed by atoms with Crippen LogP contribution in [0.5, 0.6) is 5.75 Å². The molecular formula is C14H16FNO3. The van der Waals surface area contributed by atoms with Gasteiger partial charge in [-0.25, -0.2) is 9.18 Å². The molecule has 1 atom stereocenters. The summed E-state index contributed by atoms with van der Waals surface area (Å²) in [5.41, 5.74) is -0.208. The Balaban J connectivity index is 3.00. The molecule has 5 heteroatoms. The number of hydrogen-bond acceptors (Lipinski definition) is 4. The smallest absolute Gasteiger partial charge is 0.347 e. The maximum atomic E-state index is 13.4. The first-order chi connectivity index (χ1) is 8.99. The van der Waals surface area contributed by atoms with Gasteiger partial charge in [0.05, 0.1) is 7.11 Å². The highest BCUT2D eigenvalue weighted by atomic mass is 19.1. The molecule has 19 heavy (non-hydrogen) atoms. The predicted octanol–water partition coefficient (Wildman–Crippen LogP) is 2.66. The highest BCUT2D eigenvalue weighted by Crippen LogP contribution is 2.23. The Morgan fingerprint density at radius 2 is 2.16 bits per heavy atom. The number of hydrogen-bond donors (Lipinski definition) is 0. The average molecular weight is 265 g/mol. The molecule has 0 saturated heterocycles. The van der Waals surface area contributed by atoms with E-state index in [9.17, 15) is 9.18 Å². The van der Waals surface area contributed by atoms with E-state index in [-0.39, 0.29) is 17.2 Å². The molecular weight excluding hydrogens is 249 g/mol. The van der Waals surface area contributed by atoms with E-state index in [0.29, 0.717) is 6.42 Å². The molecule has 102 valence electrons. The number of methoxy groups -OCH3 is 1. The van der Waals surface area contributed by atoms with Crippen molar-refractivity contribution < 1.29 is 18.7 Å². The highest BCUT2D eigenvalue weighted by Gasteiger charge is 2.24. The van der Waals surface area contributed by atoms with Crippen LogP contribution in [-0.2, 0) is 9.53 Å². The number of ether oxygens (including phenoxy) is 2. The number of carbonyl (C=O) groups is 1. The fraction of sp³-hybridized carbons (Fsp3) is 0.429. The van der Waals surface area contributed by atoms with Gasteiger partial charge in [-0.3, -0.25) is 0 Å². The van der Waals surface area contributed by atoms with Gasteiger partial charge in [-0.2, -0.15) is 5.26 Å². The van der Waals surface area contributed by atoms with Crippen molar-refractivity contribution >= 4 is 5.97 Å². The lowest BCUT2D eigenvalue weighted by atomic mass is 10.1. The van der Waals surface area contributed by atoms with Gasteiger partial charge in [0.15, 0.2) is 6.10 Å². The Morgan fingerprint density at radius 3 is 2.68 bits per heavy atom. The van der Waals surface area contributed by atoms with Gasteiger partial charge in [-0.1, -0.05) is 19.9 Å². The second kappa shape index (κ2) is 6.74. The average Bonchev–Trinajstić information content (AvgIpc) is 2.36. The van der Waals surface area contributed by atoms with Gasteiger partial charge in [0.1, 0.15) is 23.2 Å². The SMILES string of the molecule is COC(=O)C(CC(C)C)Oc1cccc(F)c1C#N. The lowest BCUT2D eigenvalue weighted by Crippen LogP contribution is -2.30. The molecule has 0 N–H and O–H groups in total. The third-order valence-electron chi connectivity index (χ3n) is 2.51. The number of nitriles is 1. The Morgan fingerprint density at radius 1 is 1.47 bits per heavy atom. The zero-order chi connectivity index (χ0) is 14.4. The summed E-state index contributed by atoms with van der Waals surface area (Å²) in [7, 11) is 1.26. The van der Waals surface area contributed by atoms with Crippen molar-refractivity contribution in [2.45, 2.75) is 26.4 Å². The molecule has 1 aromatic rings. The zero-order valence-corrected chi connectivity index (χ0v) is 11.1. The molecule has 4 nitrogen and oxygen atoms in total. The second-order valence-electron chi connectivity index (χ2n) is 4.48. The van der Waals surface area contributed by atoms with Crippen LogP contribution in [0.3, 0.4) is 0 Å². The minimum atomic E-state index is -0.848.